The number of rotatable bonds is 4. The molecule has 7 nitrogen and oxygen atoms in total. The topological polar surface area (TPSA) is 88.3 Å². The Labute approximate surface area is 168 Å². The number of carbonyl (C=O) groups is 2. The van der Waals surface area contributed by atoms with Gasteiger partial charge in [-0.15, -0.1) is 0 Å². The Morgan fingerprint density at radius 1 is 1.03 bits per heavy atom. The molecule has 1 aliphatic rings. The van der Waals surface area contributed by atoms with Gasteiger partial charge in [0.25, 0.3) is 5.91 Å². The summed E-state index contributed by atoms with van der Waals surface area (Å²) in [6.45, 7) is 2.73. The highest BCUT2D eigenvalue weighted by molar-refractivity contribution is 5.95. The zero-order valence-corrected chi connectivity index (χ0v) is 16.2. The van der Waals surface area contributed by atoms with Crippen molar-refractivity contribution in [2.45, 2.75) is 25.7 Å². The van der Waals surface area contributed by atoms with Gasteiger partial charge in [0, 0.05) is 42.7 Å². The molecule has 4 rings (SSSR count). The van der Waals surface area contributed by atoms with Gasteiger partial charge < -0.3 is 14.7 Å². The van der Waals surface area contributed by atoms with Crippen LogP contribution in [0.5, 0.6) is 0 Å². The Hall–Kier alpha value is -3.48. The molecule has 2 amide bonds. The van der Waals surface area contributed by atoms with E-state index in [2.05, 4.69) is 15.5 Å². The maximum absolute atomic E-state index is 12.8. The van der Waals surface area contributed by atoms with E-state index >= 15 is 0 Å². The van der Waals surface area contributed by atoms with Crippen LogP contribution in [0, 0.1) is 0 Å². The van der Waals surface area contributed by atoms with Crippen LogP contribution in [0.3, 0.4) is 0 Å². The minimum absolute atomic E-state index is 0.00618. The quantitative estimate of drug-likeness (QED) is 0.734. The SMILES string of the molecule is CC(=O)Nc1ccc(C(=O)N2CCC(c3nc(-c4ccccc4)no3)CC2)cc1. The van der Waals surface area contributed by atoms with Gasteiger partial charge in [0.2, 0.25) is 17.6 Å². The summed E-state index contributed by atoms with van der Waals surface area (Å²) in [6, 6.07) is 16.7. The van der Waals surface area contributed by atoms with Crippen molar-refractivity contribution in [1.29, 1.82) is 0 Å². The number of hydrogen-bond acceptors (Lipinski definition) is 5. The van der Waals surface area contributed by atoms with Crippen molar-refractivity contribution < 1.29 is 14.1 Å². The molecule has 2 aromatic carbocycles. The molecule has 0 atom stereocenters. The third kappa shape index (κ3) is 4.34. The second-order valence-corrected chi connectivity index (χ2v) is 7.15. The first kappa shape index (κ1) is 18.9. The van der Waals surface area contributed by atoms with Crippen LogP contribution in [-0.2, 0) is 4.79 Å². The summed E-state index contributed by atoms with van der Waals surface area (Å²) in [6.07, 6.45) is 1.57. The summed E-state index contributed by atoms with van der Waals surface area (Å²) in [5.74, 6) is 1.25. The van der Waals surface area contributed by atoms with Crippen molar-refractivity contribution in [2.75, 3.05) is 18.4 Å². The molecular formula is C22H22N4O3. The maximum Gasteiger partial charge on any atom is 0.253 e. The lowest BCUT2D eigenvalue weighted by atomic mass is 9.96. The van der Waals surface area contributed by atoms with E-state index in [1.54, 1.807) is 24.3 Å². The zero-order valence-electron chi connectivity index (χ0n) is 16.2. The van der Waals surface area contributed by atoms with Gasteiger partial charge in [0.05, 0.1) is 0 Å². The van der Waals surface area contributed by atoms with Crippen LogP contribution in [0.4, 0.5) is 5.69 Å². The second-order valence-electron chi connectivity index (χ2n) is 7.15. The Bertz CT molecular complexity index is 990. The van der Waals surface area contributed by atoms with E-state index in [1.165, 1.54) is 6.92 Å². The molecule has 0 spiro atoms. The summed E-state index contributed by atoms with van der Waals surface area (Å²) in [4.78, 5) is 30.3. The lowest BCUT2D eigenvalue weighted by Gasteiger charge is -2.30. The van der Waals surface area contributed by atoms with Crippen molar-refractivity contribution >= 4 is 17.5 Å². The van der Waals surface area contributed by atoms with E-state index in [1.807, 2.05) is 35.2 Å². The van der Waals surface area contributed by atoms with Gasteiger partial charge in [-0.2, -0.15) is 4.98 Å². The van der Waals surface area contributed by atoms with E-state index in [0.717, 1.165) is 18.4 Å². The number of nitrogens with zero attached hydrogens (tertiary/aromatic N) is 3. The normalized spacial score (nSPS) is 14.6. The molecule has 148 valence electrons. The van der Waals surface area contributed by atoms with Crippen molar-refractivity contribution in [1.82, 2.24) is 15.0 Å². The average Bonchev–Trinajstić information content (AvgIpc) is 3.24. The van der Waals surface area contributed by atoms with E-state index in [4.69, 9.17) is 4.52 Å². The average molecular weight is 390 g/mol. The van der Waals surface area contributed by atoms with Crippen LogP contribution >= 0.6 is 0 Å². The number of carbonyl (C=O) groups excluding carboxylic acids is 2. The molecule has 0 bridgehead atoms. The van der Waals surface area contributed by atoms with Gasteiger partial charge in [0.15, 0.2) is 0 Å². The summed E-state index contributed by atoms with van der Waals surface area (Å²) in [7, 11) is 0. The van der Waals surface area contributed by atoms with Crippen LogP contribution in [0.2, 0.25) is 0 Å². The van der Waals surface area contributed by atoms with E-state index in [9.17, 15) is 9.59 Å². The van der Waals surface area contributed by atoms with Crippen LogP contribution in [0.1, 0.15) is 41.9 Å². The molecule has 3 aromatic rings. The standard InChI is InChI=1S/C22H22N4O3/c1-15(27)23-19-9-7-18(8-10-19)22(28)26-13-11-17(12-14-26)21-24-20(25-29-21)16-5-3-2-4-6-16/h2-10,17H,11-14H2,1H3,(H,23,27). The van der Waals surface area contributed by atoms with Crippen molar-refractivity contribution in [3.63, 3.8) is 0 Å². The van der Waals surface area contributed by atoms with Gasteiger partial charge in [-0.3, -0.25) is 9.59 Å². The monoisotopic (exact) mass is 390 g/mol. The molecule has 1 saturated heterocycles. The smallest absolute Gasteiger partial charge is 0.253 e. The lowest BCUT2D eigenvalue weighted by molar-refractivity contribution is -0.114. The lowest BCUT2D eigenvalue weighted by Crippen LogP contribution is -2.38. The van der Waals surface area contributed by atoms with Gasteiger partial charge in [-0.1, -0.05) is 35.5 Å². The Balaban J connectivity index is 1.36. The third-order valence-electron chi connectivity index (χ3n) is 5.06. The van der Waals surface area contributed by atoms with Gasteiger partial charge in [-0.05, 0) is 37.1 Å². The molecule has 0 aliphatic carbocycles. The largest absolute Gasteiger partial charge is 0.339 e. The first-order valence-electron chi connectivity index (χ1n) is 9.66. The summed E-state index contributed by atoms with van der Waals surface area (Å²) in [5.41, 5.74) is 2.22. The predicted octanol–water partition coefficient (Wildman–Crippen LogP) is 3.71. The molecule has 1 fully saturated rings. The van der Waals surface area contributed by atoms with Crippen LogP contribution in [0.15, 0.2) is 59.1 Å². The Morgan fingerprint density at radius 3 is 2.38 bits per heavy atom. The van der Waals surface area contributed by atoms with Crippen molar-refractivity contribution in [3.8, 4) is 11.4 Å². The van der Waals surface area contributed by atoms with Crippen molar-refractivity contribution in [3.05, 3.63) is 66.1 Å². The predicted molar refractivity (Wildman–Crippen MR) is 108 cm³/mol. The summed E-state index contributed by atoms with van der Waals surface area (Å²) < 4.78 is 5.48. The highest BCUT2D eigenvalue weighted by Crippen LogP contribution is 2.29. The number of benzene rings is 2. The number of likely N-dealkylation sites (tertiary alicyclic amines) is 1. The number of amides is 2. The highest BCUT2D eigenvalue weighted by Gasteiger charge is 2.28. The van der Waals surface area contributed by atoms with E-state index in [0.29, 0.717) is 36.1 Å². The third-order valence-corrected chi connectivity index (χ3v) is 5.06. The highest BCUT2D eigenvalue weighted by atomic mass is 16.5. The number of hydrogen-bond donors (Lipinski definition) is 1. The number of nitrogens with one attached hydrogen (secondary N) is 1. The fourth-order valence-electron chi connectivity index (χ4n) is 3.52. The molecule has 1 aromatic heterocycles. The van der Waals surface area contributed by atoms with Crippen LogP contribution in [0.25, 0.3) is 11.4 Å². The molecule has 1 aliphatic heterocycles. The number of anilines is 1. The number of piperidine rings is 1. The minimum atomic E-state index is -0.136. The van der Waals surface area contributed by atoms with Crippen molar-refractivity contribution in [2.24, 2.45) is 0 Å². The molecule has 0 radical (unpaired) electrons. The molecule has 2 heterocycles. The molecule has 7 heteroatoms. The van der Waals surface area contributed by atoms with Gasteiger partial charge >= 0.3 is 0 Å². The first-order valence-corrected chi connectivity index (χ1v) is 9.66. The van der Waals surface area contributed by atoms with E-state index in [-0.39, 0.29) is 17.7 Å². The molecular weight excluding hydrogens is 368 g/mol. The first-order chi connectivity index (χ1) is 14.1. The molecule has 1 N–H and O–H groups in total. The summed E-state index contributed by atoms with van der Waals surface area (Å²) >= 11 is 0. The van der Waals surface area contributed by atoms with Gasteiger partial charge in [0.1, 0.15) is 0 Å². The number of aromatic nitrogens is 2. The Kier molecular flexibility index (Phi) is 5.37. The fraction of sp³-hybridized carbons (Fsp3) is 0.273. The minimum Gasteiger partial charge on any atom is -0.339 e. The molecule has 0 saturated carbocycles. The molecule has 29 heavy (non-hydrogen) atoms. The van der Waals surface area contributed by atoms with Crippen LogP contribution < -0.4 is 5.32 Å². The Morgan fingerprint density at radius 2 is 1.72 bits per heavy atom. The van der Waals surface area contributed by atoms with Gasteiger partial charge in [-0.25, -0.2) is 0 Å². The zero-order chi connectivity index (χ0) is 20.2. The molecule has 0 unspecified atom stereocenters. The van der Waals surface area contributed by atoms with E-state index < -0.39 is 0 Å². The second kappa shape index (κ2) is 8.26. The fourth-order valence-corrected chi connectivity index (χ4v) is 3.52. The maximum atomic E-state index is 12.8. The van der Waals surface area contributed by atoms with Crippen LogP contribution in [-0.4, -0.2) is 39.9 Å². The summed E-state index contributed by atoms with van der Waals surface area (Å²) in [5, 5.41) is 6.80.